The van der Waals surface area contributed by atoms with Crippen molar-refractivity contribution in [3.63, 3.8) is 0 Å². The summed E-state index contributed by atoms with van der Waals surface area (Å²) >= 11 is 3.60. The van der Waals surface area contributed by atoms with Crippen LogP contribution < -0.4 is 0 Å². The fraction of sp³-hybridized carbons (Fsp3) is 0.562. The molecule has 3 atom stereocenters. The van der Waals surface area contributed by atoms with E-state index in [1.54, 1.807) is 0 Å². The second kappa shape index (κ2) is 5.25. The fourth-order valence-electron chi connectivity index (χ4n) is 3.77. The Morgan fingerprint density at radius 3 is 2.86 bits per heavy atom. The van der Waals surface area contributed by atoms with Crippen LogP contribution in [-0.2, 0) is 4.79 Å². The van der Waals surface area contributed by atoms with Crippen molar-refractivity contribution in [2.24, 2.45) is 5.92 Å². The lowest BCUT2D eigenvalue weighted by Crippen LogP contribution is -2.51. The number of hydrogen-bond donors (Lipinski definition) is 0. The number of halogens is 4. The molecule has 0 radical (unpaired) electrons. The van der Waals surface area contributed by atoms with Gasteiger partial charge in [0.15, 0.2) is 0 Å². The number of rotatable bonds is 0. The number of nitrogens with zero attached hydrogens (tertiary/aromatic N) is 1. The summed E-state index contributed by atoms with van der Waals surface area (Å²) in [6, 6.07) is -0.366. The summed E-state index contributed by atoms with van der Waals surface area (Å²) in [5.41, 5.74) is 2.14. The van der Waals surface area contributed by atoms with E-state index in [1.165, 1.54) is 0 Å². The SMILES string of the molecule is CC1(Br)C=CC=C2C(=C1)CC1C2CCCN1C(=O)C(F)(F)F. The van der Waals surface area contributed by atoms with E-state index in [4.69, 9.17) is 0 Å². The molecule has 2 nitrogen and oxygen atoms in total. The van der Waals surface area contributed by atoms with Crippen molar-refractivity contribution in [2.45, 2.75) is 42.7 Å². The molecule has 6 heteroatoms. The maximum absolute atomic E-state index is 12.8. The van der Waals surface area contributed by atoms with E-state index < -0.39 is 12.1 Å². The summed E-state index contributed by atoms with van der Waals surface area (Å²) in [7, 11) is 0. The number of alkyl halides is 4. The zero-order valence-corrected chi connectivity index (χ0v) is 13.7. The smallest absolute Gasteiger partial charge is 0.331 e. The van der Waals surface area contributed by atoms with Gasteiger partial charge < -0.3 is 4.90 Å². The third kappa shape index (κ3) is 2.77. The number of carbonyl (C=O) groups is 1. The largest absolute Gasteiger partial charge is 0.471 e. The molecule has 0 bridgehead atoms. The molecule has 3 unspecified atom stereocenters. The third-order valence-electron chi connectivity index (χ3n) is 4.64. The average Bonchev–Trinajstić information content (AvgIpc) is 2.65. The highest BCUT2D eigenvalue weighted by molar-refractivity contribution is 9.10. The van der Waals surface area contributed by atoms with Gasteiger partial charge in [0, 0.05) is 18.5 Å². The molecule has 1 heterocycles. The number of hydrogen-bond acceptors (Lipinski definition) is 1. The van der Waals surface area contributed by atoms with Crippen LogP contribution >= 0.6 is 15.9 Å². The highest BCUT2D eigenvalue weighted by atomic mass is 79.9. The van der Waals surface area contributed by atoms with Gasteiger partial charge in [-0.3, -0.25) is 4.79 Å². The first-order chi connectivity index (χ1) is 10.2. The Bertz CT molecular complexity index is 589. The number of fused-ring (bicyclic) bond motifs is 3. The Morgan fingerprint density at radius 1 is 1.45 bits per heavy atom. The molecule has 1 amide bonds. The van der Waals surface area contributed by atoms with E-state index in [0.717, 1.165) is 22.5 Å². The minimum absolute atomic E-state index is 0.0114. The van der Waals surface area contributed by atoms with Crippen LogP contribution in [0.2, 0.25) is 0 Å². The standard InChI is InChI=1S/C16H17BrF3NO/c1-15(17)6-2-4-11-10(9-15)8-13-12(11)5-3-7-21(13)14(22)16(18,19)20/h2,4,6,9,12-13H,3,5,7-8H2,1H3. The van der Waals surface area contributed by atoms with Crippen LogP contribution in [0.15, 0.2) is 35.5 Å². The fourth-order valence-corrected chi connectivity index (χ4v) is 4.20. The van der Waals surface area contributed by atoms with Gasteiger partial charge in [-0.05, 0) is 37.3 Å². The van der Waals surface area contributed by atoms with Crippen LogP contribution in [0.4, 0.5) is 13.2 Å². The van der Waals surface area contributed by atoms with Gasteiger partial charge in [0.25, 0.3) is 0 Å². The van der Waals surface area contributed by atoms with Crippen LogP contribution in [0, 0.1) is 5.92 Å². The first kappa shape index (κ1) is 15.8. The highest BCUT2D eigenvalue weighted by Crippen LogP contribution is 2.47. The van der Waals surface area contributed by atoms with Crippen molar-refractivity contribution < 1.29 is 18.0 Å². The molecule has 22 heavy (non-hydrogen) atoms. The minimum atomic E-state index is -4.79. The first-order valence-electron chi connectivity index (χ1n) is 7.37. The maximum atomic E-state index is 12.8. The number of amides is 1. The van der Waals surface area contributed by atoms with Gasteiger partial charge in [0.1, 0.15) is 0 Å². The molecule has 2 aliphatic carbocycles. The van der Waals surface area contributed by atoms with Crippen molar-refractivity contribution in [2.75, 3.05) is 6.54 Å². The predicted molar refractivity (Wildman–Crippen MR) is 81.5 cm³/mol. The number of likely N-dealkylation sites (tertiary alicyclic amines) is 1. The van der Waals surface area contributed by atoms with Gasteiger partial charge in [0.05, 0.1) is 4.32 Å². The quantitative estimate of drug-likeness (QED) is 0.582. The summed E-state index contributed by atoms with van der Waals surface area (Å²) in [5.74, 6) is -1.69. The summed E-state index contributed by atoms with van der Waals surface area (Å²) in [6.07, 6.45) is 5.16. The van der Waals surface area contributed by atoms with Crippen molar-refractivity contribution in [3.8, 4) is 0 Å². The normalized spacial score (nSPS) is 34.5. The Balaban J connectivity index is 1.94. The molecule has 1 saturated heterocycles. The Hall–Kier alpha value is -1.04. The first-order valence-corrected chi connectivity index (χ1v) is 8.16. The van der Waals surface area contributed by atoms with E-state index in [0.29, 0.717) is 12.8 Å². The summed E-state index contributed by atoms with van der Waals surface area (Å²) in [5, 5.41) is 0. The molecule has 0 spiro atoms. The molecule has 0 aromatic heterocycles. The minimum Gasteiger partial charge on any atom is -0.331 e. The van der Waals surface area contributed by atoms with Crippen LogP contribution in [0.1, 0.15) is 26.2 Å². The lowest BCUT2D eigenvalue weighted by Gasteiger charge is -2.38. The molecular formula is C16H17BrF3NO. The van der Waals surface area contributed by atoms with Crippen LogP contribution in [0.3, 0.4) is 0 Å². The number of piperidine rings is 1. The zero-order valence-electron chi connectivity index (χ0n) is 12.2. The van der Waals surface area contributed by atoms with E-state index in [9.17, 15) is 18.0 Å². The Morgan fingerprint density at radius 2 is 2.18 bits per heavy atom. The van der Waals surface area contributed by atoms with Crippen LogP contribution in [-0.4, -0.2) is 33.9 Å². The van der Waals surface area contributed by atoms with Crippen molar-refractivity contribution in [3.05, 3.63) is 35.5 Å². The van der Waals surface area contributed by atoms with Gasteiger partial charge >= 0.3 is 12.1 Å². The molecule has 2 fully saturated rings. The molecule has 1 aliphatic heterocycles. The predicted octanol–water partition coefficient (Wildman–Crippen LogP) is 4.14. The van der Waals surface area contributed by atoms with Crippen molar-refractivity contribution >= 4 is 21.8 Å². The van der Waals surface area contributed by atoms with Gasteiger partial charge in [-0.25, -0.2) is 0 Å². The topological polar surface area (TPSA) is 20.3 Å². The summed E-state index contributed by atoms with van der Waals surface area (Å²) in [4.78, 5) is 12.7. The lowest BCUT2D eigenvalue weighted by atomic mass is 9.88. The third-order valence-corrected chi connectivity index (χ3v) is 5.13. The van der Waals surface area contributed by atoms with E-state index >= 15 is 0 Å². The highest BCUT2D eigenvalue weighted by Gasteiger charge is 2.50. The van der Waals surface area contributed by atoms with Crippen LogP contribution in [0.25, 0.3) is 0 Å². The number of allylic oxidation sites excluding steroid dienone is 4. The maximum Gasteiger partial charge on any atom is 0.471 e. The second-order valence-electron chi connectivity index (χ2n) is 6.32. The summed E-state index contributed by atoms with van der Waals surface area (Å²) < 4.78 is 38.1. The van der Waals surface area contributed by atoms with Crippen molar-refractivity contribution in [1.29, 1.82) is 0 Å². The lowest BCUT2D eigenvalue weighted by molar-refractivity contribution is -0.189. The molecule has 3 aliphatic rings. The molecular weight excluding hydrogens is 359 g/mol. The van der Waals surface area contributed by atoms with Crippen LogP contribution in [0.5, 0.6) is 0 Å². The van der Waals surface area contributed by atoms with Gasteiger partial charge in [-0.1, -0.05) is 40.2 Å². The summed E-state index contributed by atoms with van der Waals surface area (Å²) in [6.45, 7) is 2.19. The molecule has 0 N–H and O–H groups in total. The monoisotopic (exact) mass is 375 g/mol. The molecule has 1 saturated carbocycles. The van der Waals surface area contributed by atoms with Gasteiger partial charge in [-0.15, -0.1) is 0 Å². The number of carbonyl (C=O) groups excluding carboxylic acids is 1. The Labute approximate surface area is 135 Å². The van der Waals surface area contributed by atoms with E-state index in [-0.39, 0.29) is 22.8 Å². The van der Waals surface area contributed by atoms with E-state index in [2.05, 4.69) is 22.0 Å². The zero-order chi connectivity index (χ0) is 16.1. The second-order valence-corrected chi connectivity index (χ2v) is 8.03. The van der Waals surface area contributed by atoms with Crippen molar-refractivity contribution in [1.82, 2.24) is 4.90 Å². The van der Waals surface area contributed by atoms with E-state index in [1.807, 2.05) is 25.2 Å². The van der Waals surface area contributed by atoms with Gasteiger partial charge in [-0.2, -0.15) is 13.2 Å². The molecule has 3 rings (SSSR count). The molecule has 0 aromatic rings. The average molecular weight is 376 g/mol. The molecule has 0 aromatic carbocycles. The Kier molecular flexibility index (Phi) is 3.78. The van der Waals surface area contributed by atoms with Gasteiger partial charge in [0.2, 0.25) is 0 Å². The molecule has 120 valence electrons.